The molecule has 10 heteroatoms. The molecular formula is C17H24F3IN4O2. The monoisotopic (exact) mass is 500 g/mol. The second-order valence-corrected chi connectivity index (χ2v) is 5.88. The molecule has 0 aliphatic carbocycles. The van der Waals surface area contributed by atoms with E-state index in [2.05, 4.69) is 20.4 Å². The lowest BCUT2D eigenvalue weighted by Gasteiger charge is -2.27. The van der Waals surface area contributed by atoms with Crippen LogP contribution in [0.15, 0.2) is 29.3 Å². The number of alkyl halides is 3. The van der Waals surface area contributed by atoms with Gasteiger partial charge in [-0.25, -0.2) is 0 Å². The number of benzene rings is 1. The number of carbonyl (C=O) groups excluding carboxylic acids is 1. The van der Waals surface area contributed by atoms with Crippen LogP contribution in [0.25, 0.3) is 0 Å². The Morgan fingerprint density at radius 3 is 2.48 bits per heavy atom. The van der Waals surface area contributed by atoms with E-state index in [-0.39, 0.29) is 48.7 Å². The standard InChI is InChI=1S/C17H23F3N4O2.HI/c1-21-16(23-12-15(25)24-9-5-2-6-10-24)22-11-13-7-3-4-8-14(13)26-17(18,19)20;/h3-4,7-8H,2,5-6,9-12H2,1H3,(H2,21,22,23);1H. The number of nitrogens with zero attached hydrogens (tertiary/aromatic N) is 2. The maximum absolute atomic E-state index is 12.5. The smallest absolute Gasteiger partial charge is 0.405 e. The Morgan fingerprint density at radius 1 is 1.19 bits per heavy atom. The SMILES string of the molecule is CN=C(NCC(=O)N1CCCCC1)NCc1ccccc1OC(F)(F)F.I. The number of nitrogens with one attached hydrogen (secondary N) is 2. The van der Waals surface area contributed by atoms with Crippen LogP contribution in [-0.4, -0.2) is 49.8 Å². The third kappa shape index (κ3) is 8.22. The van der Waals surface area contributed by atoms with E-state index in [0.717, 1.165) is 32.4 Å². The zero-order valence-corrected chi connectivity index (χ0v) is 17.3. The Morgan fingerprint density at radius 2 is 1.85 bits per heavy atom. The summed E-state index contributed by atoms with van der Waals surface area (Å²) in [6.45, 7) is 1.67. The summed E-state index contributed by atoms with van der Waals surface area (Å²) >= 11 is 0. The summed E-state index contributed by atoms with van der Waals surface area (Å²) in [5, 5.41) is 5.78. The lowest BCUT2D eigenvalue weighted by molar-refractivity contribution is -0.274. The number of carbonyl (C=O) groups is 1. The maximum atomic E-state index is 12.5. The molecule has 1 fully saturated rings. The number of piperidine rings is 1. The van der Waals surface area contributed by atoms with Gasteiger partial charge in [0.2, 0.25) is 5.91 Å². The van der Waals surface area contributed by atoms with E-state index in [1.807, 2.05) is 0 Å². The van der Waals surface area contributed by atoms with Crippen LogP contribution in [-0.2, 0) is 11.3 Å². The number of likely N-dealkylation sites (tertiary alicyclic amines) is 1. The highest BCUT2D eigenvalue weighted by Gasteiger charge is 2.31. The minimum atomic E-state index is -4.75. The molecule has 1 heterocycles. The first-order valence-electron chi connectivity index (χ1n) is 8.45. The highest BCUT2D eigenvalue weighted by Crippen LogP contribution is 2.26. The maximum Gasteiger partial charge on any atom is 0.573 e. The van der Waals surface area contributed by atoms with Gasteiger partial charge in [0.25, 0.3) is 0 Å². The third-order valence-electron chi connectivity index (χ3n) is 3.98. The Hall–Kier alpha value is -1.72. The predicted octanol–water partition coefficient (Wildman–Crippen LogP) is 2.88. The van der Waals surface area contributed by atoms with Gasteiger partial charge in [0, 0.05) is 32.2 Å². The van der Waals surface area contributed by atoms with Crippen LogP contribution in [0.3, 0.4) is 0 Å². The first kappa shape index (κ1) is 23.3. The Labute approximate surface area is 173 Å². The summed E-state index contributed by atoms with van der Waals surface area (Å²) in [6.07, 6.45) is -1.60. The molecule has 0 atom stereocenters. The van der Waals surface area contributed by atoms with Crippen molar-refractivity contribution in [1.82, 2.24) is 15.5 Å². The minimum absolute atomic E-state index is 0. The molecule has 152 valence electrons. The second kappa shape index (κ2) is 11.2. The molecule has 2 N–H and O–H groups in total. The fourth-order valence-corrected chi connectivity index (χ4v) is 2.69. The molecule has 0 spiro atoms. The van der Waals surface area contributed by atoms with Crippen molar-refractivity contribution in [2.24, 2.45) is 4.99 Å². The van der Waals surface area contributed by atoms with E-state index in [0.29, 0.717) is 11.5 Å². The highest BCUT2D eigenvalue weighted by molar-refractivity contribution is 14.0. The molecule has 0 unspecified atom stereocenters. The van der Waals surface area contributed by atoms with E-state index >= 15 is 0 Å². The van der Waals surface area contributed by atoms with Crippen LogP contribution in [0.2, 0.25) is 0 Å². The number of hydrogen-bond donors (Lipinski definition) is 2. The van der Waals surface area contributed by atoms with Crippen molar-refractivity contribution in [1.29, 1.82) is 0 Å². The van der Waals surface area contributed by atoms with E-state index in [9.17, 15) is 18.0 Å². The molecule has 1 aliphatic rings. The zero-order chi connectivity index (χ0) is 19.0. The molecule has 27 heavy (non-hydrogen) atoms. The molecule has 1 aromatic carbocycles. The summed E-state index contributed by atoms with van der Waals surface area (Å²) < 4.78 is 41.4. The van der Waals surface area contributed by atoms with Gasteiger partial charge in [0.05, 0.1) is 6.54 Å². The van der Waals surface area contributed by atoms with Crippen molar-refractivity contribution in [3.63, 3.8) is 0 Å². The number of hydrogen-bond acceptors (Lipinski definition) is 3. The van der Waals surface area contributed by atoms with Crippen molar-refractivity contribution >= 4 is 35.8 Å². The van der Waals surface area contributed by atoms with Gasteiger partial charge in [-0.1, -0.05) is 18.2 Å². The molecule has 0 aromatic heterocycles. The first-order valence-corrected chi connectivity index (χ1v) is 8.45. The summed E-state index contributed by atoms with van der Waals surface area (Å²) in [5.74, 6) is 0.0398. The number of guanidine groups is 1. The first-order chi connectivity index (χ1) is 12.4. The molecule has 1 saturated heterocycles. The fourth-order valence-electron chi connectivity index (χ4n) is 2.69. The number of amides is 1. The average molecular weight is 500 g/mol. The number of ether oxygens (including phenoxy) is 1. The molecule has 6 nitrogen and oxygen atoms in total. The zero-order valence-electron chi connectivity index (χ0n) is 15.0. The van der Waals surface area contributed by atoms with Crippen molar-refractivity contribution < 1.29 is 22.7 Å². The average Bonchev–Trinajstić information content (AvgIpc) is 2.62. The molecule has 1 aromatic rings. The van der Waals surface area contributed by atoms with Crippen LogP contribution in [0.4, 0.5) is 13.2 Å². The van der Waals surface area contributed by atoms with Crippen molar-refractivity contribution in [3.8, 4) is 5.75 Å². The van der Waals surface area contributed by atoms with Crippen LogP contribution < -0.4 is 15.4 Å². The van der Waals surface area contributed by atoms with Crippen LogP contribution in [0.5, 0.6) is 5.75 Å². The molecule has 2 rings (SSSR count). The lowest BCUT2D eigenvalue weighted by Crippen LogP contribution is -2.45. The van der Waals surface area contributed by atoms with Gasteiger partial charge in [-0.05, 0) is 25.3 Å². The molecule has 0 bridgehead atoms. The van der Waals surface area contributed by atoms with Crippen molar-refractivity contribution in [2.75, 3.05) is 26.7 Å². The quantitative estimate of drug-likeness (QED) is 0.371. The second-order valence-electron chi connectivity index (χ2n) is 5.88. The number of para-hydroxylation sites is 1. The van der Waals surface area contributed by atoms with Gasteiger partial charge in [0.15, 0.2) is 5.96 Å². The summed E-state index contributed by atoms with van der Waals surface area (Å²) in [4.78, 5) is 17.9. The Kier molecular flexibility index (Phi) is 9.67. The van der Waals surface area contributed by atoms with Gasteiger partial charge >= 0.3 is 6.36 Å². The van der Waals surface area contributed by atoms with Gasteiger partial charge in [-0.3, -0.25) is 9.79 Å². The van der Waals surface area contributed by atoms with Gasteiger partial charge in [-0.2, -0.15) is 0 Å². The molecule has 1 amide bonds. The highest BCUT2D eigenvalue weighted by atomic mass is 127. The van der Waals surface area contributed by atoms with E-state index < -0.39 is 6.36 Å². The van der Waals surface area contributed by atoms with Gasteiger partial charge in [-0.15, -0.1) is 37.1 Å². The molecule has 0 radical (unpaired) electrons. The van der Waals surface area contributed by atoms with Gasteiger partial charge < -0.3 is 20.3 Å². The van der Waals surface area contributed by atoms with E-state index in [4.69, 9.17) is 0 Å². The molecule has 1 aliphatic heterocycles. The lowest BCUT2D eigenvalue weighted by atomic mass is 10.1. The third-order valence-corrected chi connectivity index (χ3v) is 3.98. The Balaban J connectivity index is 0.00000364. The van der Waals surface area contributed by atoms with Crippen LogP contribution in [0.1, 0.15) is 24.8 Å². The Bertz CT molecular complexity index is 635. The van der Waals surface area contributed by atoms with E-state index in [1.54, 1.807) is 11.0 Å². The molecule has 0 saturated carbocycles. The normalized spacial score (nSPS) is 15.0. The predicted molar refractivity (Wildman–Crippen MR) is 107 cm³/mol. The number of rotatable bonds is 5. The summed E-state index contributed by atoms with van der Waals surface area (Å²) in [7, 11) is 1.53. The number of halogens is 4. The number of aliphatic imine (C=N–C) groups is 1. The minimum Gasteiger partial charge on any atom is -0.405 e. The molecular weight excluding hydrogens is 476 g/mol. The topological polar surface area (TPSA) is 66.0 Å². The largest absolute Gasteiger partial charge is 0.573 e. The summed E-state index contributed by atoms with van der Waals surface area (Å²) in [5.41, 5.74) is 0.329. The summed E-state index contributed by atoms with van der Waals surface area (Å²) in [6, 6.07) is 5.87. The fraction of sp³-hybridized carbons (Fsp3) is 0.529. The van der Waals surface area contributed by atoms with E-state index in [1.165, 1.54) is 25.2 Å². The van der Waals surface area contributed by atoms with Crippen LogP contribution in [0, 0.1) is 0 Å². The van der Waals surface area contributed by atoms with Crippen molar-refractivity contribution in [2.45, 2.75) is 32.2 Å². The van der Waals surface area contributed by atoms with Crippen molar-refractivity contribution in [3.05, 3.63) is 29.8 Å². The van der Waals surface area contributed by atoms with Gasteiger partial charge in [0.1, 0.15) is 5.75 Å². The van der Waals surface area contributed by atoms with Crippen LogP contribution >= 0.6 is 24.0 Å².